The second-order valence-electron chi connectivity index (χ2n) is 7.61. The number of hydrogen-bond donors (Lipinski definition) is 2. The molecule has 1 aromatic carbocycles. The van der Waals surface area contributed by atoms with Crippen molar-refractivity contribution in [2.24, 2.45) is 0 Å². The van der Waals surface area contributed by atoms with Crippen LogP contribution in [0.1, 0.15) is 5.56 Å². The molecule has 0 radical (unpaired) electrons. The van der Waals surface area contributed by atoms with Gasteiger partial charge in [-0.3, -0.25) is 9.48 Å². The van der Waals surface area contributed by atoms with E-state index < -0.39 is 11.6 Å². The molecule has 0 bridgehead atoms. The van der Waals surface area contributed by atoms with Crippen molar-refractivity contribution < 1.29 is 23.4 Å². The highest BCUT2D eigenvalue weighted by Crippen LogP contribution is 2.25. The molecular formula is C21H20F2N8O3. The summed E-state index contributed by atoms with van der Waals surface area (Å²) >= 11 is 0. The van der Waals surface area contributed by atoms with E-state index in [1.54, 1.807) is 23.3 Å². The van der Waals surface area contributed by atoms with Crippen molar-refractivity contribution in [2.75, 3.05) is 36.6 Å². The summed E-state index contributed by atoms with van der Waals surface area (Å²) in [6, 6.07) is 2.44. The van der Waals surface area contributed by atoms with Crippen LogP contribution >= 0.6 is 0 Å². The monoisotopic (exact) mass is 470 g/mol. The van der Waals surface area contributed by atoms with Crippen LogP contribution in [-0.2, 0) is 22.6 Å². The van der Waals surface area contributed by atoms with Crippen LogP contribution in [0.15, 0.2) is 36.9 Å². The number of amides is 1. The molecule has 1 aliphatic heterocycles. The maximum Gasteiger partial charge on any atom is 0.253 e. The van der Waals surface area contributed by atoms with Gasteiger partial charge in [0.25, 0.3) is 5.91 Å². The smallest absolute Gasteiger partial charge is 0.253 e. The van der Waals surface area contributed by atoms with Crippen molar-refractivity contribution in [3.63, 3.8) is 0 Å². The molecule has 0 spiro atoms. The number of benzene rings is 1. The van der Waals surface area contributed by atoms with Gasteiger partial charge in [-0.15, -0.1) is 0 Å². The minimum atomic E-state index is -1.06. The number of carbonyl (C=O) groups excluding carboxylic acids is 1. The highest BCUT2D eigenvalue weighted by Gasteiger charge is 2.23. The molecule has 1 amide bonds. The Bertz CT molecular complexity index is 1360. The second kappa shape index (κ2) is 9.11. The first-order valence-corrected chi connectivity index (χ1v) is 10.5. The number of halogens is 2. The average Bonchev–Trinajstić information content (AvgIpc) is 3.44. The van der Waals surface area contributed by atoms with Gasteiger partial charge in [0, 0.05) is 36.3 Å². The van der Waals surface area contributed by atoms with E-state index in [-0.39, 0.29) is 49.4 Å². The molecule has 0 aliphatic carbocycles. The third kappa shape index (κ3) is 4.30. The zero-order chi connectivity index (χ0) is 23.7. The van der Waals surface area contributed by atoms with Crippen LogP contribution in [0.2, 0.25) is 0 Å². The number of carbonyl (C=O) groups is 1. The lowest BCUT2D eigenvalue weighted by molar-refractivity contribution is -0.125. The first-order chi connectivity index (χ1) is 16.5. The van der Waals surface area contributed by atoms with Gasteiger partial charge in [0.15, 0.2) is 17.3 Å². The lowest BCUT2D eigenvalue weighted by atomic mass is 10.1. The Kier molecular flexibility index (Phi) is 5.86. The van der Waals surface area contributed by atoms with Gasteiger partial charge < -0.3 is 20.1 Å². The van der Waals surface area contributed by atoms with Crippen LogP contribution in [0.4, 0.5) is 26.1 Å². The maximum atomic E-state index is 14.7. The quantitative estimate of drug-likeness (QED) is 0.416. The van der Waals surface area contributed by atoms with E-state index >= 15 is 0 Å². The van der Waals surface area contributed by atoms with Gasteiger partial charge in [-0.1, -0.05) is 0 Å². The Morgan fingerprint density at radius 3 is 2.88 bits per heavy atom. The van der Waals surface area contributed by atoms with Gasteiger partial charge in [0.05, 0.1) is 49.8 Å². The number of aliphatic hydroxyl groups excluding tert-OH is 1. The summed E-state index contributed by atoms with van der Waals surface area (Å²) in [5.41, 5.74) is 1.32. The van der Waals surface area contributed by atoms with Gasteiger partial charge >= 0.3 is 0 Å². The minimum absolute atomic E-state index is 0.0256. The molecule has 0 unspecified atom stereocenters. The van der Waals surface area contributed by atoms with E-state index in [1.807, 2.05) is 0 Å². The van der Waals surface area contributed by atoms with Crippen molar-refractivity contribution in [3.8, 4) is 0 Å². The topological polar surface area (TPSA) is 123 Å². The van der Waals surface area contributed by atoms with Crippen molar-refractivity contribution in [1.82, 2.24) is 29.5 Å². The van der Waals surface area contributed by atoms with Crippen molar-refractivity contribution in [1.29, 1.82) is 0 Å². The third-order valence-electron chi connectivity index (χ3n) is 5.30. The Balaban J connectivity index is 1.43. The lowest BCUT2D eigenvalue weighted by Gasteiger charge is -2.27. The van der Waals surface area contributed by atoms with Crippen molar-refractivity contribution in [3.05, 3.63) is 54.1 Å². The average molecular weight is 470 g/mol. The van der Waals surface area contributed by atoms with Crippen LogP contribution < -0.4 is 10.2 Å². The minimum Gasteiger partial charge on any atom is -0.394 e. The fraction of sp³-hybridized carbons (Fsp3) is 0.286. The molecule has 1 fully saturated rings. The van der Waals surface area contributed by atoms with Crippen LogP contribution in [0, 0.1) is 11.6 Å². The molecule has 13 heteroatoms. The number of nitrogens with one attached hydrogen (secondary N) is 1. The SMILES string of the molecule is O=C1COCCN1c1cc(F)c(F)c(Cn2ncc3cnc(Nc4cnn(CCO)c4)nc32)c1. The highest BCUT2D eigenvalue weighted by molar-refractivity contribution is 5.95. The lowest BCUT2D eigenvalue weighted by Crippen LogP contribution is -2.41. The summed E-state index contributed by atoms with van der Waals surface area (Å²) < 4.78 is 37.2. The normalized spacial score (nSPS) is 14.2. The summed E-state index contributed by atoms with van der Waals surface area (Å²) in [6.45, 7) is 0.667. The van der Waals surface area contributed by atoms with Gasteiger partial charge in [-0.05, 0) is 6.07 Å². The first kappa shape index (κ1) is 21.9. The largest absolute Gasteiger partial charge is 0.394 e. The Morgan fingerprint density at radius 2 is 2.06 bits per heavy atom. The van der Waals surface area contributed by atoms with Crippen LogP contribution in [-0.4, -0.2) is 66.9 Å². The number of hydrogen-bond acceptors (Lipinski definition) is 8. The fourth-order valence-corrected chi connectivity index (χ4v) is 3.68. The predicted molar refractivity (Wildman–Crippen MR) is 117 cm³/mol. The fourth-order valence-electron chi connectivity index (χ4n) is 3.68. The van der Waals surface area contributed by atoms with Crippen LogP contribution in [0.5, 0.6) is 0 Å². The zero-order valence-electron chi connectivity index (χ0n) is 17.9. The Labute approximate surface area is 191 Å². The molecule has 3 aromatic heterocycles. The van der Waals surface area contributed by atoms with E-state index in [1.165, 1.54) is 21.8 Å². The number of fused-ring (bicyclic) bond motifs is 1. The van der Waals surface area contributed by atoms with Crippen LogP contribution in [0.25, 0.3) is 11.0 Å². The predicted octanol–water partition coefficient (Wildman–Crippen LogP) is 1.45. The number of nitrogens with zero attached hydrogens (tertiary/aromatic N) is 7. The summed E-state index contributed by atoms with van der Waals surface area (Å²) in [7, 11) is 0. The molecule has 1 saturated heterocycles. The number of ether oxygens (including phenoxy) is 1. The van der Waals surface area contributed by atoms with Gasteiger partial charge in [-0.25, -0.2) is 18.4 Å². The van der Waals surface area contributed by atoms with Crippen molar-refractivity contribution in [2.45, 2.75) is 13.1 Å². The molecule has 4 heterocycles. The summed E-state index contributed by atoms with van der Waals surface area (Å²) in [5.74, 6) is -2.13. The number of anilines is 3. The number of aliphatic hydroxyl groups is 1. The molecule has 0 saturated carbocycles. The molecule has 176 valence electrons. The molecule has 4 aromatic rings. The van der Waals surface area contributed by atoms with Crippen LogP contribution in [0.3, 0.4) is 0 Å². The summed E-state index contributed by atoms with van der Waals surface area (Å²) in [4.78, 5) is 22.2. The van der Waals surface area contributed by atoms with E-state index in [2.05, 4.69) is 25.5 Å². The van der Waals surface area contributed by atoms with E-state index in [0.29, 0.717) is 29.9 Å². The number of aromatic nitrogens is 6. The standard InChI is InChI=1S/C21H20F2N8O3/c22-17-6-16(30-2-4-34-12-18(30)33)5-13(19(17)23)10-31-20-14(8-26-31)7-24-21(28-20)27-15-9-25-29(11-15)1-3-32/h5-9,11,32H,1-4,10,12H2,(H,24,27,28). The Morgan fingerprint density at radius 1 is 1.18 bits per heavy atom. The molecule has 34 heavy (non-hydrogen) atoms. The molecule has 1 aliphatic rings. The summed E-state index contributed by atoms with van der Waals surface area (Å²) in [6.07, 6.45) is 6.35. The van der Waals surface area contributed by atoms with Gasteiger partial charge in [0.2, 0.25) is 5.95 Å². The third-order valence-corrected chi connectivity index (χ3v) is 5.30. The molecule has 11 nitrogen and oxygen atoms in total. The van der Waals surface area contributed by atoms with Gasteiger partial charge in [0.1, 0.15) is 6.61 Å². The summed E-state index contributed by atoms with van der Waals surface area (Å²) in [5, 5.41) is 21.0. The van der Waals surface area contributed by atoms with E-state index in [9.17, 15) is 13.6 Å². The van der Waals surface area contributed by atoms with Crippen molar-refractivity contribution >= 4 is 34.3 Å². The first-order valence-electron chi connectivity index (χ1n) is 10.5. The zero-order valence-corrected chi connectivity index (χ0v) is 17.9. The van der Waals surface area contributed by atoms with E-state index in [0.717, 1.165) is 6.07 Å². The van der Waals surface area contributed by atoms with Gasteiger partial charge in [-0.2, -0.15) is 15.2 Å². The maximum absolute atomic E-state index is 14.7. The molecule has 0 atom stereocenters. The van der Waals surface area contributed by atoms with E-state index in [4.69, 9.17) is 9.84 Å². The second-order valence-corrected chi connectivity index (χ2v) is 7.61. The highest BCUT2D eigenvalue weighted by atomic mass is 19.2. The number of rotatable bonds is 7. The Hall–Kier alpha value is -3.97. The number of morpholine rings is 1. The molecular weight excluding hydrogens is 450 g/mol. The molecule has 5 rings (SSSR count). The molecule has 2 N–H and O–H groups in total.